The number of benzene rings is 2. The summed E-state index contributed by atoms with van der Waals surface area (Å²) >= 11 is 0. The van der Waals surface area contributed by atoms with Gasteiger partial charge in [-0.2, -0.15) is 0 Å². The Balaban J connectivity index is 1.54. The Bertz CT molecular complexity index is 1050. The van der Waals surface area contributed by atoms with Crippen LogP contribution in [0.2, 0.25) is 0 Å². The Morgan fingerprint density at radius 3 is 2.69 bits per heavy atom. The van der Waals surface area contributed by atoms with Crippen LogP contribution in [-0.4, -0.2) is 51.2 Å². The number of ether oxygens (including phenoxy) is 1. The quantitative estimate of drug-likeness (QED) is 0.812. The molecule has 0 bridgehead atoms. The van der Waals surface area contributed by atoms with Crippen LogP contribution in [0.5, 0.6) is 5.75 Å². The molecule has 154 valence electrons. The summed E-state index contributed by atoms with van der Waals surface area (Å²) in [5, 5.41) is 3.02. The maximum absolute atomic E-state index is 13.0. The second-order valence-corrected chi connectivity index (χ2v) is 9.75. The van der Waals surface area contributed by atoms with Crippen LogP contribution in [0, 0.1) is 0 Å². The minimum Gasteiger partial charge on any atom is -0.492 e. The number of nitrogens with one attached hydrogen (secondary N) is 1. The van der Waals surface area contributed by atoms with E-state index in [1.807, 2.05) is 6.07 Å². The van der Waals surface area contributed by atoms with Crippen molar-refractivity contribution in [1.82, 2.24) is 10.2 Å². The number of fused-ring (bicyclic) bond motifs is 2. The number of rotatable bonds is 5. The largest absolute Gasteiger partial charge is 0.492 e. The Morgan fingerprint density at radius 2 is 1.97 bits per heavy atom. The first-order chi connectivity index (χ1) is 13.9. The van der Waals surface area contributed by atoms with Crippen molar-refractivity contribution in [3.05, 3.63) is 58.7 Å². The van der Waals surface area contributed by atoms with Crippen molar-refractivity contribution >= 4 is 15.7 Å². The van der Waals surface area contributed by atoms with Crippen molar-refractivity contribution in [2.75, 3.05) is 26.0 Å². The van der Waals surface area contributed by atoms with Crippen LogP contribution in [0.25, 0.3) is 0 Å². The smallest absolute Gasteiger partial charge is 0.255 e. The van der Waals surface area contributed by atoms with Crippen molar-refractivity contribution in [1.29, 1.82) is 0 Å². The molecule has 0 aromatic heterocycles. The van der Waals surface area contributed by atoms with Crippen molar-refractivity contribution < 1.29 is 17.9 Å². The molecule has 6 nitrogen and oxygen atoms in total. The molecule has 1 amide bonds. The highest BCUT2D eigenvalue weighted by atomic mass is 32.2. The van der Waals surface area contributed by atoms with E-state index in [1.54, 1.807) is 6.07 Å². The monoisotopic (exact) mass is 414 g/mol. The number of sulfone groups is 1. The van der Waals surface area contributed by atoms with E-state index in [1.165, 1.54) is 17.2 Å². The van der Waals surface area contributed by atoms with Gasteiger partial charge in [-0.15, -0.1) is 0 Å². The molecule has 1 N–H and O–H groups in total. The molecule has 0 aliphatic carbocycles. The van der Waals surface area contributed by atoms with Crippen LogP contribution in [0.1, 0.15) is 34.0 Å². The van der Waals surface area contributed by atoms with Gasteiger partial charge in [-0.3, -0.25) is 9.69 Å². The molecule has 0 radical (unpaired) electrons. The molecule has 1 atom stereocenters. The predicted octanol–water partition coefficient (Wildman–Crippen LogP) is 2.20. The fourth-order valence-electron chi connectivity index (χ4n) is 4.18. The number of hydrogen-bond donors (Lipinski definition) is 1. The van der Waals surface area contributed by atoms with Gasteiger partial charge in [-0.1, -0.05) is 31.2 Å². The van der Waals surface area contributed by atoms with Gasteiger partial charge >= 0.3 is 0 Å². The molecule has 0 unspecified atom stereocenters. The SMILES string of the molecule is CCN1Cc2ccccc2C[C@H]1CNC(=O)c1cc(S(C)(=O)=O)cc2c1OCC2. The highest BCUT2D eigenvalue weighted by Crippen LogP contribution is 2.32. The normalized spacial score (nSPS) is 18.6. The van der Waals surface area contributed by atoms with Crippen LogP contribution in [-0.2, 0) is 29.2 Å². The van der Waals surface area contributed by atoms with Crippen molar-refractivity contribution in [3.8, 4) is 5.75 Å². The fraction of sp³-hybridized carbons (Fsp3) is 0.409. The van der Waals surface area contributed by atoms with E-state index in [0.29, 0.717) is 30.9 Å². The van der Waals surface area contributed by atoms with E-state index < -0.39 is 9.84 Å². The van der Waals surface area contributed by atoms with Gasteiger partial charge in [-0.05, 0) is 41.8 Å². The predicted molar refractivity (Wildman–Crippen MR) is 111 cm³/mol. The molecule has 2 heterocycles. The molecule has 0 fully saturated rings. The molecular formula is C22H26N2O4S. The van der Waals surface area contributed by atoms with E-state index in [4.69, 9.17) is 4.74 Å². The second kappa shape index (κ2) is 7.80. The molecule has 29 heavy (non-hydrogen) atoms. The van der Waals surface area contributed by atoms with E-state index in [2.05, 4.69) is 35.3 Å². The Morgan fingerprint density at radius 1 is 1.21 bits per heavy atom. The Kier molecular flexibility index (Phi) is 5.36. The van der Waals surface area contributed by atoms with Crippen LogP contribution in [0.4, 0.5) is 0 Å². The lowest BCUT2D eigenvalue weighted by atomic mass is 9.94. The standard InChI is InChI=1S/C22H26N2O4S/c1-3-24-14-17-7-5-4-6-15(17)10-18(24)13-23-22(25)20-12-19(29(2,26)27)11-16-8-9-28-21(16)20/h4-7,11-12,18H,3,8-10,13-14H2,1-2H3,(H,23,25)/t18-/m0/s1. The first-order valence-electron chi connectivity index (χ1n) is 9.95. The first-order valence-corrected chi connectivity index (χ1v) is 11.8. The van der Waals surface area contributed by atoms with E-state index in [-0.39, 0.29) is 16.8 Å². The molecule has 4 rings (SSSR count). The van der Waals surface area contributed by atoms with Gasteiger partial charge in [0.05, 0.1) is 17.1 Å². The number of likely N-dealkylation sites (N-methyl/N-ethyl adjacent to an activating group) is 1. The van der Waals surface area contributed by atoms with Crippen LogP contribution >= 0.6 is 0 Å². The van der Waals surface area contributed by atoms with Gasteiger partial charge < -0.3 is 10.1 Å². The van der Waals surface area contributed by atoms with E-state index in [0.717, 1.165) is 31.3 Å². The third-order valence-corrected chi connectivity index (χ3v) is 6.89. The zero-order valence-electron chi connectivity index (χ0n) is 16.8. The third-order valence-electron chi connectivity index (χ3n) is 5.80. The lowest BCUT2D eigenvalue weighted by Gasteiger charge is -2.36. The Labute approximate surface area is 171 Å². The zero-order valence-corrected chi connectivity index (χ0v) is 17.6. The van der Waals surface area contributed by atoms with Crippen molar-refractivity contribution in [2.24, 2.45) is 0 Å². The van der Waals surface area contributed by atoms with Gasteiger partial charge in [0.1, 0.15) is 5.75 Å². The number of carbonyl (C=O) groups excluding carboxylic acids is 1. The molecule has 7 heteroatoms. The molecular weight excluding hydrogens is 388 g/mol. The Hall–Kier alpha value is -2.38. The fourth-order valence-corrected chi connectivity index (χ4v) is 4.87. The number of hydrogen-bond acceptors (Lipinski definition) is 5. The average molecular weight is 415 g/mol. The highest BCUT2D eigenvalue weighted by molar-refractivity contribution is 7.90. The van der Waals surface area contributed by atoms with Crippen LogP contribution in [0.15, 0.2) is 41.3 Å². The molecule has 0 spiro atoms. The van der Waals surface area contributed by atoms with E-state index >= 15 is 0 Å². The van der Waals surface area contributed by atoms with Gasteiger partial charge in [0, 0.05) is 31.8 Å². The van der Waals surface area contributed by atoms with Crippen molar-refractivity contribution in [2.45, 2.75) is 37.2 Å². The maximum Gasteiger partial charge on any atom is 0.255 e. The highest BCUT2D eigenvalue weighted by Gasteiger charge is 2.28. The molecule has 0 saturated carbocycles. The minimum atomic E-state index is -3.41. The topological polar surface area (TPSA) is 75.7 Å². The van der Waals surface area contributed by atoms with Gasteiger partial charge in [0.15, 0.2) is 9.84 Å². The van der Waals surface area contributed by atoms with Gasteiger partial charge in [0.2, 0.25) is 0 Å². The molecule has 2 aromatic rings. The van der Waals surface area contributed by atoms with Gasteiger partial charge in [0.25, 0.3) is 5.91 Å². The maximum atomic E-state index is 13.0. The zero-order chi connectivity index (χ0) is 20.6. The summed E-state index contributed by atoms with van der Waals surface area (Å²) in [5.41, 5.74) is 3.74. The molecule has 0 saturated heterocycles. The molecule has 2 aliphatic heterocycles. The lowest BCUT2D eigenvalue weighted by Crippen LogP contribution is -2.47. The number of carbonyl (C=O) groups is 1. The molecule has 2 aliphatic rings. The van der Waals surface area contributed by atoms with Gasteiger partial charge in [-0.25, -0.2) is 8.42 Å². The summed E-state index contributed by atoms with van der Waals surface area (Å²) in [4.78, 5) is 15.5. The summed E-state index contributed by atoms with van der Waals surface area (Å²) in [6, 6.07) is 11.7. The number of nitrogens with zero attached hydrogens (tertiary/aromatic N) is 1. The average Bonchev–Trinajstić information content (AvgIpc) is 3.18. The second-order valence-electron chi connectivity index (χ2n) is 7.73. The first kappa shape index (κ1) is 19.9. The summed E-state index contributed by atoms with van der Waals surface area (Å²) in [6.45, 7) is 4.86. The lowest BCUT2D eigenvalue weighted by molar-refractivity contribution is 0.0924. The summed E-state index contributed by atoms with van der Waals surface area (Å²) in [7, 11) is -3.41. The van der Waals surface area contributed by atoms with E-state index in [9.17, 15) is 13.2 Å². The van der Waals surface area contributed by atoms with Crippen LogP contribution < -0.4 is 10.1 Å². The minimum absolute atomic E-state index is 0.161. The summed E-state index contributed by atoms with van der Waals surface area (Å²) < 4.78 is 29.7. The number of amides is 1. The molecule has 2 aromatic carbocycles. The third kappa shape index (κ3) is 4.02. The summed E-state index contributed by atoms with van der Waals surface area (Å²) in [6.07, 6.45) is 2.65. The van der Waals surface area contributed by atoms with Crippen LogP contribution in [0.3, 0.4) is 0 Å². The van der Waals surface area contributed by atoms with Crippen molar-refractivity contribution in [3.63, 3.8) is 0 Å². The summed E-state index contributed by atoms with van der Waals surface area (Å²) in [5.74, 6) is 0.222.